The van der Waals surface area contributed by atoms with Crippen molar-refractivity contribution in [1.29, 1.82) is 0 Å². The van der Waals surface area contributed by atoms with Crippen LogP contribution in [-0.4, -0.2) is 45.3 Å². The molecule has 0 spiro atoms. The summed E-state index contributed by atoms with van der Waals surface area (Å²) in [6.07, 6.45) is 0.254. The van der Waals surface area contributed by atoms with Crippen LogP contribution in [0.15, 0.2) is 6.20 Å². The van der Waals surface area contributed by atoms with Gasteiger partial charge in [0.25, 0.3) is 12.3 Å². The lowest BCUT2D eigenvalue weighted by atomic mass is 9.88. The van der Waals surface area contributed by atoms with Gasteiger partial charge in [-0.15, -0.1) is 0 Å². The molecular weight excluding hydrogens is 290 g/mol. The quantitative estimate of drug-likeness (QED) is 0.928. The summed E-state index contributed by atoms with van der Waals surface area (Å²) in [6, 6.07) is 0.371. The summed E-state index contributed by atoms with van der Waals surface area (Å²) in [4.78, 5) is 14.1. The van der Waals surface area contributed by atoms with Gasteiger partial charge in [0.15, 0.2) is 0 Å². The number of likely N-dealkylation sites (tertiary alicyclic amines) is 1. The van der Waals surface area contributed by atoms with Crippen LogP contribution in [0, 0.1) is 0 Å². The molecule has 124 valence electrons. The molecule has 2 rings (SSSR count). The van der Waals surface area contributed by atoms with Crippen molar-refractivity contribution in [3.05, 3.63) is 17.5 Å². The average molecular weight is 314 g/mol. The molecule has 0 atom stereocenters. The lowest BCUT2D eigenvalue weighted by Crippen LogP contribution is -2.54. The summed E-state index contributed by atoms with van der Waals surface area (Å²) in [5.41, 5.74) is -0.426. The third-order valence-electron chi connectivity index (χ3n) is 4.09. The molecule has 0 unspecified atom stereocenters. The lowest BCUT2D eigenvalue weighted by Gasteiger charge is -2.41. The predicted molar refractivity (Wildman–Crippen MR) is 80.0 cm³/mol. The fraction of sp³-hybridized carbons (Fsp3) is 0.733. The number of aromatic nitrogens is 2. The molecule has 1 N–H and O–H groups in total. The van der Waals surface area contributed by atoms with Gasteiger partial charge < -0.3 is 10.2 Å². The fourth-order valence-corrected chi connectivity index (χ4v) is 3.05. The van der Waals surface area contributed by atoms with Crippen molar-refractivity contribution in [2.24, 2.45) is 7.05 Å². The van der Waals surface area contributed by atoms with E-state index in [2.05, 4.69) is 31.2 Å². The number of hydrogen-bond donors (Lipinski definition) is 1. The van der Waals surface area contributed by atoms with Crippen LogP contribution in [0.2, 0.25) is 0 Å². The number of carbonyl (C=O) groups excluding carboxylic acids is 1. The Morgan fingerprint density at radius 1 is 1.36 bits per heavy atom. The van der Waals surface area contributed by atoms with E-state index in [1.165, 1.54) is 10.9 Å². The highest BCUT2D eigenvalue weighted by Gasteiger charge is 2.34. The summed E-state index contributed by atoms with van der Waals surface area (Å²) in [7, 11) is 1.54. The molecule has 1 aromatic heterocycles. The van der Waals surface area contributed by atoms with Crippen LogP contribution in [0.4, 0.5) is 8.78 Å². The number of nitrogens with one attached hydrogen (secondary N) is 1. The first-order valence-corrected chi connectivity index (χ1v) is 7.60. The Morgan fingerprint density at radius 3 is 2.45 bits per heavy atom. The van der Waals surface area contributed by atoms with Crippen LogP contribution in [0.3, 0.4) is 0 Å². The average Bonchev–Trinajstić information content (AvgIpc) is 2.80. The minimum Gasteiger partial charge on any atom is -0.338 e. The van der Waals surface area contributed by atoms with E-state index in [1.807, 2.05) is 0 Å². The molecule has 22 heavy (non-hydrogen) atoms. The zero-order valence-electron chi connectivity index (χ0n) is 13.6. The molecule has 2 heterocycles. The van der Waals surface area contributed by atoms with Gasteiger partial charge in [-0.2, -0.15) is 5.10 Å². The van der Waals surface area contributed by atoms with Crippen molar-refractivity contribution in [2.45, 2.75) is 51.6 Å². The minimum atomic E-state index is -2.74. The number of nitrogens with zero attached hydrogens (tertiary/aromatic N) is 3. The van der Waals surface area contributed by atoms with Gasteiger partial charge in [-0.1, -0.05) is 13.8 Å². The maximum Gasteiger partial charge on any atom is 0.282 e. The SMILES string of the molecule is CC(C)NC1(C)CCN(C(=O)c2cn(C)nc2C(F)F)CC1. The number of carbonyl (C=O) groups is 1. The summed E-state index contributed by atoms with van der Waals surface area (Å²) in [5, 5.41) is 7.22. The van der Waals surface area contributed by atoms with Gasteiger partial charge in [-0.3, -0.25) is 9.48 Å². The van der Waals surface area contributed by atoms with Crippen LogP contribution in [-0.2, 0) is 7.05 Å². The molecule has 0 saturated carbocycles. The molecule has 1 aliphatic heterocycles. The van der Waals surface area contributed by atoms with Crippen molar-refractivity contribution < 1.29 is 13.6 Å². The molecule has 1 saturated heterocycles. The molecule has 1 aromatic rings. The molecule has 1 fully saturated rings. The number of hydrogen-bond acceptors (Lipinski definition) is 3. The fourth-order valence-electron chi connectivity index (χ4n) is 3.05. The van der Waals surface area contributed by atoms with E-state index in [1.54, 1.807) is 11.9 Å². The van der Waals surface area contributed by atoms with E-state index in [-0.39, 0.29) is 17.0 Å². The lowest BCUT2D eigenvalue weighted by molar-refractivity contribution is 0.0638. The highest BCUT2D eigenvalue weighted by molar-refractivity contribution is 5.95. The van der Waals surface area contributed by atoms with Gasteiger partial charge in [0.05, 0.1) is 5.56 Å². The largest absolute Gasteiger partial charge is 0.338 e. The maximum atomic E-state index is 13.0. The molecular formula is C15H24F2N4O. The topological polar surface area (TPSA) is 50.2 Å². The summed E-state index contributed by atoms with van der Waals surface area (Å²) >= 11 is 0. The summed E-state index contributed by atoms with van der Waals surface area (Å²) in [5.74, 6) is -0.352. The Balaban J connectivity index is 2.07. The minimum absolute atomic E-state index is 0.00850. The highest BCUT2D eigenvalue weighted by atomic mass is 19.3. The van der Waals surface area contributed by atoms with Crippen LogP contribution in [0.1, 0.15) is 56.1 Å². The molecule has 0 bridgehead atoms. The summed E-state index contributed by atoms with van der Waals surface area (Å²) < 4.78 is 27.2. The monoisotopic (exact) mass is 314 g/mol. The maximum absolute atomic E-state index is 13.0. The number of rotatable bonds is 4. The van der Waals surface area contributed by atoms with Crippen LogP contribution < -0.4 is 5.32 Å². The molecule has 1 aliphatic rings. The first kappa shape index (κ1) is 16.9. The standard InChI is InChI=1S/C15H24F2N4O/c1-10(2)18-15(3)5-7-21(8-6-15)14(22)11-9-20(4)19-12(11)13(16)17/h9-10,13,18H,5-8H2,1-4H3. The molecule has 5 nitrogen and oxygen atoms in total. The number of piperidine rings is 1. The van der Waals surface area contributed by atoms with E-state index < -0.39 is 12.1 Å². The smallest absolute Gasteiger partial charge is 0.282 e. The Bertz CT molecular complexity index is 534. The van der Waals surface area contributed by atoms with Gasteiger partial charge in [0, 0.05) is 37.9 Å². The third-order valence-corrected chi connectivity index (χ3v) is 4.09. The van der Waals surface area contributed by atoms with Crippen molar-refractivity contribution in [2.75, 3.05) is 13.1 Å². The van der Waals surface area contributed by atoms with Gasteiger partial charge in [0.1, 0.15) is 5.69 Å². The molecule has 0 aliphatic carbocycles. The summed E-state index contributed by atoms with van der Waals surface area (Å²) in [6.45, 7) is 7.45. The van der Waals surface area contributed by atoms with E-state index in [0.29, 0.717) is 19.1 Å². The zero-order chi connectivity index (χ0) is 16.5. The third kappa shape index (κ3) is 3.63. The van der Waals surface area contributed by atoms with E-state index in [4.69, 9.17) is 0 Å². The second-order valence-corrected chi connectivity index (χ2v) is 6.55. The van der Waals surface area contributed by atoms with Crippen LogP contribution in [0.5, 0.6) is 0 Å². The molecule has 7 heteroatoms. The van der Waals surface area contributed by atoms with Crippen LogP contribution >= 0.6 is 0 Å². The first-order chi connectivity index (χ1) is 10.2. The van der Waals surface area contributed by atoms with Gasteiger partial charge in [-0.25, -0.2) is 8.78 Å². The Kier molecular flexibility index (Phi) is 4.84. The van der Waals surface area contributed by atoms with E-state index in [0.717, 1.165) is 12.8 Å². The number of halogens is 2. The van der Waals surface area contributed by atoms with Gasteiger partial charge in [-0.05, 0) is 19.8 Å². The second-order valence-electron chi connectivity index (χ2n) is 6.55. The number of amides is 1. The zero-order valence-corrected chi connectivity index (χ0v) is 13.6. The highest BCUT2D eigenvalue weighted by Crippen LogP contribution is 2.26. The number of alkyl halides is 2. The number of aryl methyl sites for hydroxylation is 1. The van der Waals surface area contributed by atoms with Crippen molar-refractivity contribution in [1.82, 2.24) is 20.0 Å². The molecule has 0 aromatic carbocycles. The predicted octanol–water partition coefficient (Wildman–Crippen LogP) is 2.35. The Labute approximate surface area is 129 Å². The normalized spacial score (nSPS) is 18.3. The first-order valence-electron chi connectivity index (χ1n) is 7.60. The molecule has 1 amide bonds. The van der Waals surface area contributed by atoms with Crippen LogP contribution in [0.25, 0.3) is 0 Å². The Morgan fingerprint density at radius 2 is 1.95 bits per heavy atom. The van der Waals surface area contributed by atoms with Gasteiger partial charge in [0.2, 0.25) is 0 Å². The van der Waals surface area contributed by atoms with Crippen molar-refractivity contribution >= 4 is 5.91 Å². The second kappa shape index (κ2) is 6.32. The van der Waals surface area contributed by atoms with E-state index in [9.17, 15) is 13.6 Å². The molecule has 0 radical (unpaired) electrons. The van der Waals surface area contributed by atoms with E-state index >= 15 is 0 Å². The van der Waals surface area contributed by atoms with Crippen molar-refractivity contribution in [3.8, 4) is 0 Å². The Hall–Kier alpha value is -1.50. The van der Waals surface area contributed by atoms with Crippen molar-refractivity contribution in [3.63, 3.8) is 0 Å². The van der Waals surface area contributed by atoms with Gasteiger partial charge >= 0.3 is 0 Å².